The van der Waals surface area contributed by atoms with Gasteiger partial charge >= 0.3 is 0 Å². The Morgan fingerprint density at radius 2 is 1.56 bits per heavy atom. The van der Waals surface area contributed by atoms with Crippen molar-refractivity contribution in [3.63, 3.8) is 0 Å². The monoisotopic (exact) mass is 583 g/mol. The van der Waals surface area contributed by atoms with Crippen molar-refractivity contribution in [2.45, 2.75) is 45.6 Å². The van der Waals surface area contributed by atoms with Crippen LogP contribution < -0.4 is 0 Å². The molecule has 2 aromatic carbocycles. The highest BCUT2D eigenvalue weighted by molar-refractivity contribution is 8.14. The van der Waals surface area contributed by atoms with Crippen molar-refractivity contribution in [1.29, 1.82) is 0 Å². The minimum atomic E-state index is 0.363. The van der Waals surface area contributed by atoms with Crippen LogP contribution >= 0.6 is 23.5 Å². The predicted molar refractivity (Wildman–Crippen MR) is 180 cm³/mol. The molecular weight excluding hydrogens is 541 g/mol. The number of rotatable bonds is 12. The molecule has 0 aliphatic carbocycles. The zero-order valence-electron chi connectivity index (χ0n) is 24.5. The van der Waals surface area contributed by atoms with Crippen LogP contribution in [0.4, 0.5) is 5.69 Å². The number of para-hydroxylation sites is 2. The number of aryl methyl sites for hydroxylation is 1. The van der Waals surface area contributed by atoms with Gasteiger partial charge in [0, 0.05) is 59.4 Å². The van der Waals surface area contributed by atoms with Crippen molar-refractivity contribution in [3.8, 4) is 0 Å². The largest absolute Gasteiger partial charge is 0.347 e. The Kier molecular flexibility index (Phi) is 9.27. The molecule has 3 aliphatic rings. The summed E-state index contributed by atoms with van der Waals surface area (Å²) in [5.74, 6) is 2.77. The standard InChI is InChI=1S/C35H43N4S2/c1-3-36-22-24-40-34(36)18-16-28-26-38(32-14-8-6-12-30(28)32)20-10-5-11-21-39-27-29(31-13-7-9-15-33(31)39)17-19-35-37(4-2)23-25-41-35/h6-9,12-19,26-28H,3-5,10-11,20-25H2,1-2H3/q+3. The fourth-order valence-corrected chi connectivity index (χ4v) is 8.46. The van der Waals surface area contributed by atoms with E-state index in [1.807, 2.05) is 23.5 Å². The Balaban J connectivity index is 1.07. The van der Waals surface area contributed by atoms with Crippen molar-refractivity contribution in [2.24, 2.45) is 0 Å². The molecule has 212 valence electrons. The lowest BCUT2D eigenvalue weighted by Crippen LogP contribution is -2.13. The van der Waals surface area contributed by atoms with E-state index in [0.29, 0.717) is 5.92 Å². The molecule has 6 heteroatoms. The van der Waals surface area contributed by atoms with Crippen molar-refractivity contribution < 1.29 is 13.7 Å². The van der Waals surface area contributed by atoms with Gasteiger partial charge in [-0.3, -0.25) is 0 Å². The summed E-state index contributed by atoms with van der Waals surface area (Å²) >= 11 is 3.96. The second kappa shape index (κ2) is 13.4. The van der Waals surface area contributed by atoms with Gasteiger partial charge in [0.1, 0.15) is 19.6 Å². The van der Waals surface area contributed by atoms with Crippen molar-refractivity contribution in [2.75, 3.05) is 44.2 Å². The first-order valence-electron chi connectivity index (χ1n) is 15.4. The van der Waals surface area contributed by atoms with Gasteiger partial charge in [0.2, 0.25) is 15.8 Å². The number of fused-ring (bicyclic) bond motifs is 2. The topological polar surface area (TPSA) is 14.0 Å². The molecule has 4 nitrogen and oxygen atoms in total. The molecule has 0 saturated carbocycles. The van der Waals surface area contributed by atoms with Crippen molar-refractivity contribution in [3.05, 3.63) is 84.1 Å². The maximum absolute atomic E-state index is 2.50. The third kappa shape index (κ3) is 6.34. The highest BCUT2D eigenvalue weighted by Crippen LogP contribution is 2.33. The molecule has 3 aromatic rings. The molecule has 1 unspecified atom stereocenters. The number of nitrogens with zero attached hydrogens (tertiary/aromatic N) is 4. The van der Waals surface area contributed by atoms with Crippen LogP contribution in [0.25, 0.3) is 17.0 Å². The van der Waals surface area contributed by atoms with E-state index in [-0.39, 0.29) is 0 Å². The molecule has 0 spiro atoms. The summed E-state index contributed by atoms with van der Waals surface area (Å²) in [5, 5.41) is 4.18. The smallest absolute Gasteiger partial charge is 0.234 e. The molecule has 1 atom stereocenters. The minimum Gasteiger partial charge on any atom is -0.347 e. The molecule has 4 heterocycles. The summed E-state index contributed by atoms with van der Waals surface area (Å²) in [5.41, 5.74) is 5.49. The van der Waals surface area contributed by atoms with E-state index in [9.17, 15) is 0 Å². The van der Waals surface area contributed by atoms with Crippen LogP contribution in [-0.4, -0.2) is 78.8 Å². The first-order chi connectivity index (χ1) is 20.2. The lowest BCUT2D eigenvalue weighted by molar-refractivity contribution is -0.513. The molecule has 0 N–H and O–H groups in total. The molecule has 0 fully saturated rings. The Morgan fingerprint density at radius 3 is 2.37 bits per heavy atom. The maximum Gasteiger partial charge on any atom is 0.234 e. The molecular formula is C35H43N4S2+3. The summed E-state index contributed by atoms with van der Waals surface area (Å²) in [7, 11) is 0. The van der Waals surface area contributed by atoms with Gasteiger partial charge in [-0.2, -0.15) is 0 Å². The van der Waals surface area contributed by atoms with E-state index in [2.05, 4.69) is 117 Å². The van der Waals surface area contributed by atoms with E-state index in [4.69, 9.17) is 0 Å². The van der Waals surface area contributed by atoms with Crippen molar-refractivity contribution in [1.82, 2.24) is 4.57 Å². The zero-order valence-corrected chi connectivity index (χ0v) is 26.2. The van der Waals surface area contributed by atoms with Crippen LogP contribution in [0.2, 0.25) is 0 Å². The highest BCUT2D eigenvalue weighted by Gasteiger charge is 2.29. The van der Waals surface area contributed by atoms with E-state index < -0.39 is 0 Å². The average Bonchev–Trinajstić information content (AvgIpc) is 3.80. The molecule has 0 bridgehead atoms. The summed E-state index contributed by atoms with van der Waals surface area (Å²) < 4.78 is 9.93. The zero-order chi connectivity index (χ0) is 28.0. The first kappa shape index (κ1) is 28.3. The number of benzene rings is 2. The second-order valence-corrected chi connectivity index (χ2v) is 13.2. The summed E-state index contributed by atoms with van der Waals surface area (Å²) in [6.45, 7) is 11.2. The predicted octanol–water partition coefficient (Wildman–Crippen LogP) is 7.25. The number of unbranched alkanes of at least 4 members (excludes halogenated alkanes) is 2. The van der Waals surface area contributed by atoms with Crippen LogP contribution in [0, 0.1) is 0 Å². The van der Waals surface area contributed by atoms with Crippen molar-refractivity contribution >= 4 is 62.5 Å². The Morgan fingerprint density at radius 1 is 0.829 bits per heavy atom. The normalized spacial score (nSPS) is 19.1. The SMILES string of the molecule is CC[N+]1=C(C=Cc2cn(CCCCC[N+]3=CC(C=CC4=[N+](CC)CCS4)c4ccccc43)c3ccccc23)SCC1. The summed E-state index contributed by atoms with van der Waals surface area (Å²) in [6, 6.07) is 17.8. The molecule has 1 aromatic heterocycles. The quantitative estimate of drug-likeness (QED) is 0.165. The van der Waals surface area contributed by atoms with Gasteiger partial charge < -0.3 is 4.57 Å². The Bertz CT molecular complexity index is 1560. The third-order valence-corrected chi connectivity index (χ3v) is 10.7. The number of allylic oxidation sites excluding steroid dienone is 1. The van der Waals surface area contributed by atoms with Crippen LogP contribution in [0.5, 0.6) is 0 Å². The number of aromatic nitrogens is 1. The van der Waals surface area contributed by atoms with Crippen LogP contribution in [0.3, 0.4) is 0 Å². The van der Waals surface area contributed by atoms with Gasteiger partial charge in [0.25, 0.3) is 0 Å². The van der Waals surface area contributed by atoms with Gasteiger partial charge in [-0.25, -0.2) is 13.7 Å². The third-order valence-electron chi connectivity index (χ3n) is 8.52. The average molecular weight is 584 g/mol. The Labute approximate surface area is 253 Å². The second-order valence-electron chi connectivity index (χ2n) is 11.0. The van der Waals surface area contributed by atoms with E-state index >= 15 is 0 Å². The van der Waals surface area contributed by atoms with E-state index in [1.165, 1.54) is 75.1 Å². The van der Waals surface area contributed by atoms with Gasteiger partial charge in [0.05, 0.1) is 17.4 Å². The number of hydrogen-bond donors (Lipinski definition) is 0. The molecule has 0 radical (unpaired) electrons. The minimum absolute atomic E-state index is 0.363. The van der Waals surface area contributed by atoms with E-state index in [0.717, 1.165) is 32.7 Å². The summed E-state index contributed by atoms with van der Waals surface area (Å²) in [6.07, 6.45) is 17.8. The molecule has 41 heavy (non-hydrogen) atoms. The molecule has 6 rings (SSSR count). The molecule has 0 saturated heterocycles. The van der Waals surface area contributed by atoms with Gasteiger partial charge in [0.15, 0.2) is 19.3 Å². The lowest BCUT2D eigenvalue weighted by Gasteiger charge is -2.05. The lowest BCUT2D eigenvalue weighted by atomic mass is 10.0. The fraction of sp³-hybridized carbons (Fsp3) is 0.400. The molecule has 0 amide bonds. The Hall–Kier alpha value is -2.83. The van der Waals surface area contributed by atoms with Crippen LogP contribution in [0.1, 0.15) is 50.2 Å². The maximum atomic E-state index is 2.50. The fourth-order valence-electron chi connectivity index (χ4n) is 6.27. The van der Waals surface area contributed by atoms with E-state index in [1.54, 1.807) is 0 Å². The molecule has 3 aliphatic heterocycles. The van der Waals surface area contributed by atoms with Crippen LogP contribution in [0.15, 0.2) is 73.0 Å². The highest BCUT2D eigenvalue weighted by atomic mass is 32.2. The number of thioether (sulfide) groups is 2. The van der Waals surface area contributed by atoms with Gasteiger partial charge in [-0.05, 0) is 38.8 Å². The number of hydrogen-bond acceptors (Lipinski definition) is 2. The first-order valence-corrected chi connectivity index (χ1v) is 17.4. The van der Waals surface area contributed by atoms with Crippen LogP contribution in [-0.2, 0) is 6.54 Å². The van der Waals surface area contributed by atoms with Gasteiger partial charge in [-0.1, -0.05) is 66.0 Å². The van der Waals surface area contributed by atoms with Gasteiger partial charge in [-0.15, -0.1) is 0 Å². The summed E-state index contributed by atoms with van der Waals surface area (Å²) in [4.78, 5) is 0.